The van der Waals surface area contributed by atoms with E-state index in [0.717, 1.165) is 31.2 Å². The Bertz CT molecular complexity index is 551. The third-order valence-electron chi connectivity index (χ3n) is 4.12. The van der Waals surface area contributed by atoms with Crippen molar-refractivity contribution in [2.24, 2.45) is 4.99 Å². The third-order valence-corrected chi connectivity index (χ3v) is 4.12. The van der Waals surface area contributed by atoms with E-state index in [2.05, 4.69) is 41.3 Å². The molecule has 0 radical (unpaired) electrons. The number of nitrogens with one attached hydrogen (secondary N) is 2. The first kappa shape index (κ1) is 21.0. The Morgan fingerprint density at radius 3 is 2.28 bits per heavy atom. The molecule has 0 aliphatic heterocycles. The van der Waals surface area contributed by atoms with Crippen molar-refractivity contribution in [2.75, 3.05) is 40.8 Å². The Labute approximate surface area is 152 Å². The van der Waals surface area contributed by atoms with Crippen LogP contribution in [0.15, 0.2) is 29.3 Å². The van der Waals surface area contributed by atoms with E-state index in [9.17, 15) is 4.79 Å². The summed E-state index contributed by atoms with van der Waals surface area (Å²) in [7, 11) is 5.28. The van der Waals surface area contributed by atoms with Crippen molar-refractivity contribution in [3.05, 3.63) is 35.4 Å². The van der Waals surface area contributed by atoms with Crippen molar-refractivity contribution in [1.29, 1.82) is 0 Å². The number of hydrogen-bond acceptors (Lipinski definition) is 3. The molecule has 0 aliphatic carbocycles. The number of amides is 1. The summed E-state index contributed by atoms with van der Waals surface area (Å²) in [6.07, 6.45) is 0. The van der Waals surface area contributed by atoms with Gasteiger partial charge in [-0.3, -0.25) is 14.7 Å². The van der Waals surface area contributed by atoms with Gasteiger partial charge in [0.1, 0.15) is 0 Å². The van der Waals surface area contributed by atoms with E-state index in [-0.39, 0.29) is 5.91 Å². The second-order valence-corrected chi connectivity index (χ2v) is 6.47. The number of likely N-dealkylation sites (N-methyl/N-ethyl adjacent to an activating group) is 1. The van der Waals surface area contributed by atoms with Crippen LogP contribution in [0.25, 0.3) is 0 Å². The lowest BCUT2D eigenvalue weighted by Gasteiger charge is -2.25. The van der Waals surface area contributed by atoms with Gasteiger partial charge in [-0.15, -0.1) is 0 Å². The van der Waals surface area contributed by atoms with Crippen molar-refractivity contribution in [3.63, 3.8) is 0 Å². The van der Waals surface area contributed by atoms with Crippen LogP contribution in [0.2, 0.25) is 0 Å². The molecule has 0 saturated heterocycles. The number of nitrogens with zero attached hydrogens (tertiary/aromatic N) is 3. The van der Waals surface area contributed by atoms with Crippen LogP contribution in [0.3, 0.4) is 0 Å². The molecule has 1 amide bonds. The SMILES string of the molecule is CCN(CCNC(=NC)NCc1ccc(C(=O)N(C)C)cc1)C(C)C. The summed E-state index contributed by atoms with van der Waals surface area (Å²) in [5, 5.41) is 6.64. The van der Waals surface area contributed by atoms with Gasteiger partial charge in [0.05, 0.1) is 0 Å². The lowest BCUT2D eigenvalue weighted by molar-refractivity contribution is 0.0827. The molecule has 6 nitrogen and oxygen atoms in total. The number of rotatable bonds is 8. The van der Waals surface area contributed by atoms with E-state index in [1.165, 1.54) is 0 Å². The summed E-state index contributed by atoms with van der Waals surface area (Å²) in [6, 6.07) is 8.20. The fourth-order valence-electron chi connectivity index (χ4n) is 2.53. The molecular formula is C19H33N5O. The van der Waals surface area contributed by atoms with Gasteiger partial charge < -0.3 is 15.5 Å². The van der Waals surface area contributed by atoms with Gasteiger partial charge in [-0.1, -0.05) is 19.1 Å². The molecular weight excluding hydrogens is 314 g/mol. The molecule has 6 heteroatoms. The number of aliphatic imine (C=N–C) groups is 1. The molecule has 0 aromatic heterocycles. The van der Waals surface area contributed by atoms with Crippen LogP contribution < -0.4 is 10.6 Å². The molecule has 0 heterocycles. The molecule has 1 rings (SSSR count). The number of benzene rings is 1. The zero-order valence-corrected chi connectivity index (χ0v) is 16.5. The fourth-order valence-corrected chi connectivity index (χ4v) is 2.53. The van der Waals surface area contributed by atoms with Crippen LogP contribution in [0.1, 0.15) is 36.7 Å². The van der Waals surface area contributed by atoms with Gasteiger partial charge in [0.25, 0.3) is 5.91 Å². The number of hydrogen-bond donors (Lipinski definition) is 2. The Morgan fingerprint density at radius 2 is 1.80 bits per heavy atom. The van der Waals surface area contributed by atoms with Gasteiger partial charge in [0.2, 0.25) is 0 Å². The second kappa shape index (κ2) is 10.7. The lowest BCUT2D eigenvalue weighted by atomic mass is 10.1. The van der Waals surface area contributed by atoms with Crippen LogP contribution in [-0.2, 0) is 6.54 Å². The van der Waals surface area contributed by atoms with Crippen LogP contribution >= 0.6 is 0 Å². The summed E-state index contributed by atoms with van der Waals surface area (Å²) < 4.78 is 0. The van der Waals surface area contributed by atoms with E-state index in [1.807, 2.05) is 24.3 Å². The largest absolute Gasteiger partial charge is 0.355 e. The van der Waals surface area contributed by atoms with Gasteiger partial charge in [-0.25, -0.2) is 0 Å². The minimum Gasteiger partial charge on any atom is -0.355 e. The molecule has 0 spiro atoms. The Morgan fingerprint density at radius 1 is 1.16 bits per heavy atom. The number of carbonyl (C=O) groups is 1. The highest BCUT2D eigenvalue weighted by Gasteiger charge is 2.08. The smallest absolute Gasteiger partial charge is 0.253 e. The van der Waals surface area contributed by atoms with E-state index in [1.54, 1.807) is 26.0 Å². The van der Waals surface area contributed by atoms with E-state index < -0.39 is 0 Å². The first-order chi connectivity index (χ1) is 11.9. The van der Waals surface area contributed by atoms with Crippen molar-refractivity contribution in [2.45, 2.75) is 33.4 Å². The topological polar surface area (TPSA) is 60.0 Å². The minimum atomic E-state index is 0.0163. The lowest BCUT2D eigenvalue weighted by Crippen LogP contribution is -2.42. The van der Waals surface area contributed by atoms with Gasteiger partial charge in [0, 0.05) is 52.4 Å². The van der Waals surface area contributed by atoms with Crippen molar-refractivity contribution in [3.8, 4) is 0 Å². The van der Waals surface area contributed by atoms with Crippen LogP contribution in [0.4, 0.5) is 0 Å². The van der Waals surface area contributed by atoms with Crippen molar-refractivity contribution in [1.82, 2.24) is 20.4 Å². The zero-order valence-electron chi connectivity index (χ0n) is 16.5. The quantitative estimate of drug-likeness (QED) is 0.556. The number of guanidine groups is 1. The summed E-state index contributed by atoms with van der Waals surface area (Å²) >= 11 is 0. The summed E-state index contributed by atoms with van der Waals surface area (Å²) in [6.45, 7) is 10.1. The average Bonchev–Trinajstić information content (AvgIpc) is 2.60. The van der Waals surface area contributed by atoms with Gasteiger partial charge in [-0.2, -0.15) is 0 Å². The van der Waals surface area contributed by atoms with Gasteiger partial charge >= 0.3 is 0 Å². The Balaban J connectivity index is 2.46. The summed E-state index contributed by atoms with van der Waals surface area (Å²) in [5.74, 6) is 0.802. The predicted octanol–water partition coefficient (Wildman–Crippen LogP) is 1.78. The third kappa shape index (κ3) is 7.13. The first-order valence-electron chi connectivity index (χ1n) is 8.88. The highest BCUT2D eigenvalue weighted by atomic mass is 16.2. The van der Waals surface area contributed by atoms with Crippen molar-refractivity contribution < 1.29 is 4.79 Å². The van der Waals surface area contributed by atoms with Crippen LogP contribution in [0, 0.1) is 0 Å². The molecule has 0 fully saturated rings. The summed E-state index contributed by atoms with van der Waals surface area (Å²) in [4.78, 5) is 20.1. The molecule has 1 aromatic carbocycles. The average molecular weight is 348 g/mol. The van der Waals surface area contributed by atoms with E-state index >= 15 is 0 Å². The van der Waals surface area contributed by atoms with Gasteiger partial charge in [-0.05, 0) is 38.1 Å². The molecule has 1 aromatic rings. The zero-order chi connectivity index (χ0) is 18.8. The summed E-state index contributed by atoms with van der Waals surface area (Å²) in [5.41, 5.74) is 1.81. The standard InChI is InChI=1S/C19H33N5O/c1-7-24(15(2)3)13-12-21-19(20-4)22-14-16-8-10-17(11-9-16)18(25)23(5)6/h8-11,15H,7,12-14H2,1-6H3,(H2,20,21,22). The van der Waals surface area contributed by atoms with E-state index in [0.29, 0.717) is 18.2 Å². The molecule has 0 saturated carbocycles. The molecule has 0 unspecified atom stereocenters. The maximum Gasteiger partial charge on any atom is 0.253 e. The molecule has 0 bridgehead atoms. The van der Waals surface area contributed by atoms with E-state index in [4.69, 9.17) is 0 Å². The number of carbonyl (C=O) groups excluding carboxylic acids is 1. The highest BCUT2D eigenvalue weighted by Crippen LogP contribution is 2.06. The van der Waals surface area contributed by atoms with Crippen LogP contribution in [0.5, 0.6) is 0 Å². The molecule has 140 valence electrons. The normalized spacial score (nSPS) is 11.8. The molecule has 25 heavy (non-hydrogen) atoms. The maximum absolute atomic E-state index is 11.9. The second-order valence-electron chi connectivity index (χ2n) is 6.47. The molecule has 2 N–H and O–H groups in total. The van der Waals surface area contributed by atoms with Gasteiger partial charge in [0.15, 0.2) is 5.96 Å². The van der Waals surface area contributed by atoms with Crippen molar-refractivity contribution >= 4 is 11.9 Å². The molecule has 0 atom stereocenters. The molecule has 0 aliphatic rings. The Hall–Kier alpha value is -2.08. The maximum atomic E-state index is 11.9. The first-order valence-corrected chi connectivity index (χ1v) is 8.88. The minimum absolute atomic E-state index is 0.0163. The monoisotopic (exact) mass is 347 g/mol. The fraction of sp³-hybridized carbons (Fsp3) is 0.579. The highest BCUT2D eigenvalue weighted by molar-refractivity contribution is 5.93. The van der Waals surface area contributed by atoms with Crippen LogP contribution in [-0.4, -0.2) is 68.5 Å². The predicted molar refractivity (Wildman–Crippen MR) is 105 cm³/mol. The Kier molecular flexibility index (Phi) is 8.99.